The number of nitrogens with one attached hydrogen (secondary N) is 1. The summed E-state index contributed by atoms with van der Waals surface area (Å²) >= 11 is 1.62. The highest BCUT2D eigenvalue weighted by Gasteiger charge is 2.21. The molecule has 0 bridgehead atoms. The first kappa shape index (κ1) is 20.6. The minimum Gasteiger partial charge on any atom is -0.378 e. The summed E-state index contributed by atoms with van der Waals surface area (Å²) in [6.45, 7) is 7.14. The van der Waals surface area contributed by atoms with Crippen LogP contribution in [0.2, 0.25) is 0 Å². The van der Waals surface area contributed by atoms with Gasteiger partial charge in [-0.05, 0) is 38.1 Å². The topological polar surface area (TPSA) is 93.4 Å². The van der Waals surface area contributed by atoms with Crippen LogP contribution in [0.15, 0.2) is 41.1 Å². The van der Waals surface area contributed by atoms with Gasteiger partial charge in [0.25, 0.3) is 11.6 Å². The van der Waals surface area contributed by atoms with Crippen LogP contribution in [0.4, 0.5) is 5.82 Å². The lowest BCUT2D eigenvalue weighted by atomic mass is 10.1. The molecule has 1 fully saturated rings. The zero-order valence-electron chi connectivity index (χ0n) is 17.9. The summed E-state index contributed by atoms with van der Waals surface area (Å²) in [4.78, 5) is 26.8. The quantitative estimate of drug-likeness (QED) is 0.496. The lowest BCUT2D eigenvalue weighted by Gasteiger charge is -2.29. The van der Waals surface area contributed by atoms with E-state index in [0.29, 0.717) is 47.8 Å². The van der Waals surface area contributed by atoms with Crippen molar-refractivity contribution in [2.24, 2.45) is 0 Å². The Balaban J connectivity index is 1.44. The molecule has 0 unspecified atom stereocenters. The molecule has 0 spiro atoms. The number of amides is 1. The predicted octanol–water partition coefficient (Wildman–Crippen LogP) is 3.73. The zero-order valence-corrected chi connectivity index (χ0v) is 18.7. The Morgan fingerprint density at radius 2 is 2.06 bits per heavy atom. The number of rotatable bonds is 5. The number of carbonyl (C=O) groups excluding carboxylic acids is 1. The number of hydrogen-bond donors (Lipinski definition) is 1. The second-order valence-electron chi connectivity index (χ2n) is 7.68. The molecule has 8 nitrogen and oxygen atoms in total. The maximum atomic E-state index is 13.3. The third kappa shape index (κ3) is 3.96. The van der Waals surface area contributed by atoms with E-state index in [2.05, 4.69) is 25.3 Å². The first-order valence-corrected chi connectivity index (χ1v) is 11.3. The molecule has 4 aromatic heterocycles. The highest BCUT2D eigenvalue weighted by molar-refractivity contribution is 7.15. The van der Waals surface area contributed by atoms with Crippen LogP contribution in [0.5, 0.6) is 0 Å². The smallest absolute Gasteiger partial charge is 0.259 e. The van der Waals surface area contributed by atoms with Crippen molar-refractivity contribution in [1.29, 1.82) is 0 Å². The number of morpholine rings is 1. The van der Waals surface area contributed by atoms with Crippen LogP contribution in [0.3, 0.4) is 0 Å². The SMILES string of the molecule is Cc1ccc(-c2cc(C(=O)NCc3cccnc3N3CCOCC3)c3c(C)noc3n2)s1. The van der Waals surface area contributed by atoms with Crippen molar-refractivity contribution in [2.45, 2.75) is 20.4 Å². The number of thiophene rings is 1. The fourth-order valence-corrected chi connectivity index (χ4v) is 4.70. The number of carbonyl (C=O) groups is 1. The van der Waals surface area contributed by atoms with Gasteiger partial charge in [0, 0.05) is 36.3 Å². The highest BCUT2D eigenvalue weighted by Crippen LogP contribution is 2.31. The van der Waals surface area contributed by atoms with Gasteiger partial charge in [-0.3, -0.25) is 4.79 Å². The average molecular weight is 450 g/mol. The van der Waals surface area contributed by atoms with Crippen LogP contribution < -0.4 is 10.2 Å². The third-order valence-corrected chi connectivity index (χ3v) is 6.50. The third-order valence-electron chi connectivity index (χ3n) is 5.47. The van der Waals surface area contributed by atoms with Gasteiger partial charge in [0.1, 0.15) is 5.82 Å². The maximum Gasteiger partial charge on any atom is 0.259 e. The minimum absolute atomic E-state index is 0.199. The van der Waals surface area contributed by atoms with Gasteiger partial charge in [-0.15, -0.1) is 11.3 Å². The van der Waals surface area contributed by atoms with Gasteiger partial charge in [0.15, 0.2) is 0 Å². The lowest BCUT2D eigenvalue weighted by Crippen LogP contribution is -2.37. The fourth-order valence-electron chi connectivity index (χ4n) is 3.87. The largest absolute Gasteiger partial charge is 0.378 e. The van der Waals surface area contributed by atoms with Crippen molar-refractivity contribution in [3.05, 3.63) is 58.2 Å². The van der Waals surface area contributed by atoms with Crippen molar-refractivity contribution < 1.29 is 14.1 Å². The number of fused-ring (bicyclic) bond motifs is 1. The number of hydrogen-bond acceptors (Lipinski definition) is 8. The number of aromatic nitrogens is 3. The Kier molecular flexibility index (Phi) is 5.59. The maximum absolute atomic E-state index is 13.3. The second kappa shape index (κ2) is 8.68. The summed E-state index contributed by atoms with van der Waals surface area (Å²) in [5.74, 6) is 0.682. The molecule has 0 aromatic carbocycles. The monoisotopic (exact) mass is 449 g/mol. The minimum atomic E-state index is -0.199. The molecule has 0 radical (unpaired) electrons. The summed E-state index contributed by atoms with van der Waals surface area (Å²) in [6, 6.07) is 9.73. The standard InChI is InChI=1S/C23H23N5O3S/c1-14-5-6-19(32-14)18-12-17(20-15(2)27-31-23(20)26-18)22(29)25-13-16-4-3-7-24-21(16)28-8-10-30-11-9-28/h3-7,12H,8-11,13H2,1-2H3,(H,25,29). The van der Waals surface area contributed by atoms with Crippen LogP contribution in [0.1, 0.15) is 26.5 Å². The fraction of sp³-hybridized carbons (Fsp3) is 0.304. The van der Waals surface area contributed by atoms with Gasteiger partial charge in [-0.25, -0.2) is 9.97 Å². The lowest BCUT2D eigenvalue weighted by molar-refractivity contribution is 0.0952. The molecule has 0 aliphatic carbocycles. The van der Waals surface area contributed by atoms with Gasteiger partial charge in [-0.1, -0.05) is 11.2 Å². The zero-order chi connectivity index (χ0) is 22.1. The van der Waals surface area contributed by atoms with E-state index >= 15 is 0 Å². The molecule has 5 heterocycles. The van der Waals surface area contributed by atoms with Crippen LogP contribution in [-0.2, 0) is 11.3 Å². The summed E-state index contributed by atoms with van der Waals surface area (Å²) in [7, 11) is 0. The van der Waals surface area contributed by atoms with Crippen molar-refractivity contribution in [3.63, 3.8) is 0 Å². The molecule has 0 saturated carbocycles. The van der Waals surface area contributed by atoms with Gasteiger partial charge < -0.3 is 19.5 Å². The van der Waals surface area contributed by atoms with Gasteiger partial charge >= 0.3 is 0 Å². The number of ether oxygens (including phenoxy) is 1. The van der Waals surface area contributed by atoms with Gasteiger partial charge in [0.2, 0.25) is 0 Å². The van der Waals surface area contributed by atoms with Crippen molar-refractivity contribution in [3.8, 4) is 10.6 Å². The van der Waals surface area contributed by atoms with E-state index in [4.69, 9.17) is 9.26 Å². The number of aryl methyl sites for hydroxylation is 2. The van der Waals surface area contributed by atoms with E-state index in [1.54, 1.807) is 17.5 Å². The van der Waals surface area contributed by atoms with Crippen LogP contribution in [-0.4, -0.2) is 47.3 Å². The summed E-state index contributed by atoms with van der Waals surface area (Å²) in [6.07, 6.45) is 1.78. The molecule has 1 aliphatic heterocycles. The molecule has 9 heteroatoms. The molecule has 1 aliphatic rings. The molecule has 0 atom stereocenters. The molecular weight excluding hydrogens is 426 g/mol. The van der Waals surface area contributed by atoms with Gasteiger partial charge in [0.05, 0.1) is 40.4 Å². The highest BCUT2D eigenvalue weighted by atomic mass is 32.1. The van der Waals surface area contributed by atoms with E-state index in [9.17, 15) is 4.79 Å². The molecular formula is C23H23N5O3S. The number of pyridine rings is 2. The predicted molar refractivity (Wildman–Crippen MR) is 123 cm³/mol. The van der Waals surface area contributed by atoms with Crippen LogP contribution in [0, 0.1) is 13.8 Å². The van der Waals surface area contributed by atoms with Crippen molar-refractivity contribution in [2.75, 3.05) is 31.2 Å². The van der Waals surface area contributed by atoms with E-state index in [0.717, 1.165) is 29.3 Å². The Morgan fingerprint density at radius 1 is 1.22 bits per heavy atom. The van der Waals surface area contributed by atoms with E-state index < -0.39 is 0 Å². The van der Waals surface area contributed by atoms with Crippen LogP contribution >= 0.6 is 11.3 Å². The Bertz CT molecular complexity index is 1280. The Morgan fingerprint density at radius 3 is 2.84 bits per heavy atom. The normalized spacial score (nSPS) is 14.1. The van der Waals surface area contributed by atoms with Crippen molar-refractivity contribution >= 4 is 34.2 Å². The first-order valence-electron chi connectivity index (χ1n) is 10.5. The average Bonchev–Trinajstić information content (AvgIpc) is 3.43. The summed E-state index contributed by atoms with van der Waals surface area (Å²) < 4.78 is 10.9. The molecule has 1 amide bonds. The number of nitrogens with zero attached hydrogens (tertiary/aromatic N) is 4. The molecule has 4 aromatic rings. The Labute approximate surface area is 189 Å². The summed E-state index contributed by atoms with van der Waals surface area (Å²) in [5.41, 5.74) is 3.18. The molecule has 1 saturated heterocycles. The molecule has 1 N–H and O–H groups in total. The van der Waals surface area contributed by atoms with Crippen molar-refractivity contribution in [1.82, 2.24) is 20.4 Å². The van der Waals surface area contributed by atoms with Crippen LogP contribution in [0.25, 0.3) is 21.7 Å². The van der Waals surface area contributed by atoms with E-state index in [-0.39, 0.29) is 5.91 Å². The molecule has 164 valence electrons. The first-order chi connectivity index (χ1) is 15.6. The number of anilines is 1. The van der Waals surface area contributed by atoms with Gasteiger partial charge in [-0.2, -0.15) is 0 Å². The second-order valence-corrected chi connectivity index (χ2v) is 8.97. The summed E-state index contributed by atoms with van der Waals surface area (Å²) in [5, 5.41) is 7.72. The molecule has 32 heavy (non-hydrogen) atoms. The van der Waals surface area contributed by atoms with E-state index in [1.165, 1.54) is 4.88 Å². The Hall–Kier alpha value is -3.30. The molecule has 5 rings (SSSR count). The van der Waals surface area contributed by atoms with E-state index in [1.807, 2.05) is 44.2 Å².